The molecule has 0 saturated heterocycles. The Hall–Kier alpha value is -3.72. The molecule has 0 aliphatic heterocycles. The zero-order valence-electron chi connectivity index (χ0n) is 22.5. The quantitative estimate of drug-likeness (QED) is 0.235. The molecule has 3 aromatic carbocycles. The van der Waals surface area contributed by atoms with Crippen molar-refractivity contribution in [2.75, 3.05) is 0 Å². The molecule has 1 fully saturated rings. The maximum atomic E-state index is 13.4. The van der Waals surface area contributed by atoms with E-state index in [1.165, 1.54) is 29.8 Å². The summed E-state index contributed by atoms with van der Waals surface area (Å²) >= 11 is 6.23. The maximum absolute atomic E-state index is 13.4. The average molecular weight is 590 g/mol. The summed E-state index contributed by atoms with van der Waals surface area (Å²) in [5.41, 5.74) is 1.81. The lowest BCUT2D eigenvalue weighted by Crippen LogP contribution is -2.41. The number of alkyl halides is 3. The minimum absolute atomic E-state index is 0.0791. The van der Waals surface area contributed by atoms with Crippen LogP contribution in [0.1, 0.15) is 54.9 Å². The molecule has 2 N–H and O–H groups in total. The fraction of sp³-hybridized carbons (Fsp3) is 0.355. The number of carboxylic acid groups (broad SMARTS) is 1. The number of aliphatic carboxylic acids is 1. The van der Waals surface area contributed by atoms with Gasteiger partial charge in [0, 0.05) is 10.4 Å². The molecule has 0 bridgehead atoms. The third kappa shape index (κ3) is 8.39. The number of fused-ring (bicyclic) bond motifs is 1. The van der Waals surface area contributed by atoms with E-state index in [1.54, 1.807) is 30.3 Å². The SMILES string of the molecule is C=C1CC(C)CC(CC[C@H](NC(=O)c2ccc3ccc(Cl)cc3c2OCc2ccc(OC(F)(F)F)cc2)C(=O)O)C1. The van der Waals surface area contributed by atoms with Gasteiger partial charge in [-0.3, -0.25) is 4.79 Å². The van der Waals surface area contributed by atoms with Crippen LogP contribution in [0.5, 0.6) is 11.5 Å². The Kier molecular flexibility index (Phi) is 9.48. The maximum Gasteiger partial charge on any atom is 0.573 e. The van der Waals surface area contributed by atoms with E-state index in [0.717, 1.165) is 24.6 Å². The highest BCUT2D eigenvalue weighted by Crippen LogP contribution is 2.35. The van der Waals surface area contributed by atoms with Crippen molar-refractivity contribution in [3.63, 3.8) is 0 Å². The second-order valence-electron chi connectivity index (χ2n) is 10.6. The van der Waals surface area contributed by atoms with E-state index >= 15 is 0 Å². The van der Waals surface area contributed by atoms with Crippen molar-refractivity contribution in [1.29, 1.82) is 0 Å². The average Bonchev–Trinajstić information content (AvgIpc) is 2.88. The number of carbonyl (C=O) groups excluding carboxylic acids is 1. The Labute approximate surface area is 241 Å². The van der Waals surface area contributed by atoms with Crippen LogP contribution < -0.4 is 14.8 Å². The standard InChI is InChI=1S/C31H31ClF3NO5/c1-18-13-19(2)15-21(14-18)5-12-27(30(38)39)36-29(37)25-11-7-22-6-8-23(32)16-26(22)28(25)40-17-20-3-9-24(10-4-20)41-31(33,34)35/h3-4,6-11,16,19,21,27H,1,5,12-15,17H2,2H3,(H,36,37)(H,38,39)/t19?,21?,27-/m0/s1. The Balaban J connectivity index is 1.53. The summed E-state index contributed by atoms with van der Waals surface area (Å²) in [5, 5.41) is 14.2. The van der Waals surface area contributed by atoms with Gasteiger partial charge in [-0.25, -0.2) is 4.79 Å². The number of hydrogen-bond donors (Lipinski definition) is 2. The van der Waals surface area contributed by atoms with Gasteiger partial charge in [-0.05, 0) is 85.2 Å². The number of benzene rings is 3. The lowest BCUT2D eigenvalue weighted by atomic mass is 9.77. The number of carboxylic acids is 1. The van der Waals surface area contributed by atoms with Crippen LogP contribution in [0, 0.1) is 11.8 Å². The van der Waals surface area contributed by atoms with Gasteiger partial charge in [-0.1, -0.05) is 54.9 Å². The number of amides is 1. The lowest BCUT2D eigenvalue weighted by Gasteiger charge is -2.29. The molecule has 4 rings (SSSR count). The number of ether oxygens (including phenoxy) is 2. The van der Waals surface area contributed by atoms with Gasteiger partial charge in [0.2, 0.25) is 0 Å². The van der Waals surface area contributed by atoms with Crippen LogP contribution in [0.4, 0.5) is 13.2 Å². The molecule has 1 aliphatic rings. The van der Waals surface area contributed by atoms with Crippen LogP contribution in [0.25, 0.3) is 10.8 Å². The minimum Gasteiger partial charge on any atom is -0.487 e. The highest BCUT2D eigenvalue weighted by molar-refractivity contribution is 6.31. The van der Waals surface area contributed by atoms with Crippen molar-refractivity contribution in [2.45, 2.75) is 58.0 Å². The zero-order valence-corrected chi connectivity index (χ0v) is 23.2. The van der Waals surface area contributed by atoms with Crippen molar-refractivity contribution in [1.82, 2.24) is 5.32 Å². The second-order valence-corrected chi connectivity index (χ2v) is 11.0. The number of allylic oxidation sites excluding steroid dienone is 1. The predicted molar refractivity (Wildman–Crippen MR) is 150 cm³/mol. The Morgan fingerprint density at radius 1 is 1.12 bits per heavy atom. The minimum atomic E-state index is -4.81. The fourth-order valence-corrected chi connectivity index (χ4v) is 5.55. The van der Waals surface area contributed by atoms with Crippen molar-refractivity contribution in [2.24, 2.45) is 11.8 Å². The lowest BCUT2D eigenvalue weighted by molar-refractivity contribution is -0.274. The van der Waals surface area contributed by atoms with Gasteiger partial charge in [0.05, 0.1) is 5.56 Å². The van der Waals surface area contributed by atoms with Crippen LogP contribution in [-0.2, 0) is 11.4 Å². The van der Waals surface area contributed by atoms with E-state index in [1.807, 2.05) is 0 Å². The molecule has 10 heteroatoms. The van der Waals surface area contributed by atoms with E-state index < -0.39 is 24.3 Å². The van der Waals surface area contributed by atoms with Gasteiger partial charge in [-0.2, -0.15) is 0 Å². The smallest absolute Gasteiger partial charge is 0.487 e. The third-order valence-corrected chi connectivity index (χ3v) is 7.37. The molecule has 1 aliphatic carbocycles. The number of rotatable bonds is 10. The van der Waals surface area contributed by atoms with Crippen molar-refractivity contribution in [3.05, 3.63) is 82.9 Å². The number of hydrogen-bond acceptors (Lipinski definition) is 4. The van der Waals surface area contributed by atoms with Crippen molar-refractivity contribution < 1.29 is 37.3 Å². The highest BCUT2D eigenvalue weighted by atomic mass is 35.5. The Morgan fingerprint density at radius 3 is 2.49 bits per heavy atom. The monoisotopic (exact) mass is 589 g/mol. The Morgan fingerprint density at radius 2 is 1.83 bits per heavy atom. The summed E-state index contributed by atoms with van der Waals surface area (Å²) in [4.78, 5) is 25.5. The van der Waals surface area contributed by atoms with Crippen LogP contribution in [0.2, 0.25) is 5.02 Å². The molecule has 218 valence electrons. The summed E-state index contributed by atoms with van der Waals surface area (Å²) in [7, 11) is 0. The summed E-state index contributed by atoms with van der Waals surface area (Å²) < 4.78 is 47.4. The molecule has 0 aromatic heterocycles. The summed E-state index contributed by atoms with van der Waals surface area (Å²) in [5.74, 6) is -1.13. The van der Waals surface area contributed by atoms with Crippen molar-refractivity contribution >= 4 is 34.2 Å². The largest absolute Gasteiger partial charge is 0.573 e. The first-order chi connectivity index (χ1) is 19.4. The van der Waals surface area contributed by atoms with E-state index in [2.05, 4.69) is 23.6 Å². The predicted octanol–water partition coefficient (Wildman–Crippen LogP) is 7.93. The molecule has 0 radical (unpaired) electrons. The molecule has 3 atom stereocenters. The molecule has 6 nitrogen and oxygen atoms in total. The first kappa shape index (κ1) is 30.2. The molecule has 1 amide bonds. The van der Waals surface area contributed by atoms with E-state index in [9.17, 15) is 27.9 Å². The topological polar surface area (TPSA) is 84.9 Å². The summed E-state index contributed by atoms with van der Waals surface area (Å²) in [6.45, 7) is 6.18. The molecule has 0 heterocycles. The zero-order chi connectivity index (χ0) is 29.7. The summed E-state index contributed by atoms with van der Waals surface area (Å²) in [6, 6.07) is 12.4. The molecule has 2 unspecified atom stereocenters. The normalized spacial score (nSPS) is 18.1. The Bertz CT molecular complexity index is 1420. The number of carbonyl (C=O) groups is 2. The third-order valence-electron chi connectivity index (χ3n) is 7.14. The number of nitrogens with one attached hydrogen (secondary N) is 1. The van der Waals surface area contributed by atoms with Gasteiger partial charge < -0.3 is 19.9 Å². The highest BCUT2D eigenvalue weighted by Gasteiger charge is 2.31. The second kappa shape index (κ2) is 12.9. The van der Waals surface area contributed by atoms with Crippen LogP contribution >= 0.6 is 11.6 Å². The number of halogens is 4. The first-order valence-corrected chi connectivity index (χ1v) is 13.7. The fourth-order valence-electron chi connectivity index (χ4n) is 5.38. The van der Waals surface area contributed by atoms with Gasteiger partial charge in [0.15, 0.2) is 0 Å². The van der Waals surface area contributed by atoms with E-state index in [0.29, 0.717) is 34.2 Å². The van der Waals surface area contributed by atoms with Crippen LogP contribution in [0.15, 0.2) is 66.7 Å². The van der Waals surface area contributed by atoms with Gasteiger partial charge in [-0.15, -0.1) is 13.2 Å². The molecule has 3 aromatic rings. The van der Waals surface area contributed by atoms with Gasteiger partial charge >= 0.3 is 12.3 Å². The van der Waals surface area contributed by atoms with Crippen molar-refractivity contribution in [3.8, 4) is 11.5 Å². The van der Waals surface area contributed by atoms with E-state index in [-0.39, 0.29) is 30.1 Å². The molecular weight excluding hydrogens is 559 g/mol. The molecule has 1 saturated carbocycles. The van der Waals surface area contributed by atoms with Crippen LogP contribution in [-0.4, -0.2) is 29.4 Å². The first-order valence-electron chi connectivity index (χ1n) is 13.3. The van der Waals surface area contributed by atoms with Crippen LogP contribution in [0.3, 0.4) is 0 Å². The molecule has 0 spiro atoms. The van der Waals surface area contributed by atoms with Gasteiger partial charge in [0.25, 0.3) is 5.91 Å². The van der Waals surface area contributed by atoms with E-state index in [4.69, 9.17) is 16.3 Å². The van der Waals surface area contributed by atoms with Gasteiger partial charge in [0.1, 0.15) is 24.1 Å². The molecule has 41 heavy (non-hydrogen) atoms. The molecular formula is C31H31ClF3NO5. The summed E-state index contributed by atoms with van der Waals surface area (Å²) in [6.07, 6.45) is -1.06.